The van der Waals surface area contributed by atoms with Gasteiger partial charge in [-0.2, -0.15) is 0 Å². The van der Waals surface area contributed by atoms with Crippen LogP contribution in [-0.2, 0) is 16.0 Å². The number of benzene rings is 1. The Kier molecular flexibility index (Phi) is 5.79. The third-order valence-electron chi connectivity index (χ3n) is 2.82. The Morgan fingerprint density at radius 2 is 1.95 bits per heavy atom. The summed E-state index contributed by atoms with van der Waals surface area (Å²) in [7, 11) is 0. The van der Waals surface area contributed by atoms with E-state index in [1.807, 2.05) is 24.3 Å². The molecule has 0 fully saturated rings. The van der Waals surface area contributed by atoms with Gasteiger partial charge in [-0.1, -0.05) is 38.1 Å². The van der Waals surface area contributed by atoms with E-state index in [4.69, 9.17) is 5.11 Å². The van der Waals surface area contributed by atoms with Crippen molar-refractivity contribution in [3.63, 3.8) is 0 Å². The summed E-state index contributed by atoms with van der Waals surface area (Å²) < 4.78 is 0. The lowest BCUT2D eigenvalue weighted by molar-refractivity contribution is -0.141. The molecule has 0 aliphatic rings. The second-order valence-corrected chi connectivity index (χ2v) is 4.41. The van der Waals surface area contributed by atoms with Crippen LogP contribution in [0, 0.1) is 5.92 Å². The van der Waals surface area contributed by atoms with Gasteiger partial charge in [-0.15, -0.1) is 0 Å². The monoisotopic (exact) mass is 261 g/mol. The molecule has 0 aliphatic heterocycles. The van der Waals surface area contributed by atoms with Crippen LogP contribution in [0.15, 0.2) is 30.3 Å². The topological polar surface area (TPSA) is 66.4 Å². The molecule has 0 saturated carbocycles. The summed E-state index contributed by atoms with van der Waals surface area (Å²) in [6.45, 7) is 3.77. The first-order chi connectivity index (χ1) is 9.02. The van der Waals surface area contributed by atoms with E-state index in [2.05, 4.69) is 12.2 Å². The summed E-state index contributed by atoms with van der Waals surface area (Å²) in [5, 5.41) is 11.2. The van der Waals surface area contributed by atoms with Gasteiger partial charge < -0.3 is 10.4 Å². The average Bonchev–Trinajstić information content (AvgIpc) is 2.42. The highest BCUT2D eigenvalue weighted by Gasteiger charge is 2.10. The Bertz CT molecular complexity index is 463. The molecule has 1 amide bonds. The van der Waals surface area contributed by atoms with Crippen molar-refractivity contribution in [2.75, 3.05) is 6.54 Å². The molecule has 0 heterocycles. The molecule has 1 aromatic rings. The normalized spacial score (nSPS) is 12.3. The van der Waals surface area contributed by atoms with Gasteiger partial charge in [0.2, 0.25) is 5.91 Å². The number of aryl methyl sites for hydroxylation is 1. The predicted molar refractivity (Wildman–Crippen MR) is 74.7 cm³/mol. The van der Waals surface area contributed by atoms with Crippen molar-refractivity contribution in [1.82, 2.24) is 5.32 Å². The lowest BCUT2D eigenvalue weighted by atomic mass is 10.1. The molecule has 0 saturated heterocycles. The molecular formula is C15H19NO3. The molecule has 0 bridgehead atoms. The Morgan fingerprint density at radius 3 is 2.47 bits per heavy atom. The average molecular weight is 261 g/mol. The number of amides is 1. The summed E-state index contributed by atoms with van der Waals surface area (Å²) in [4.78, 5) is 22.1. The molecule has 2 N–H and O–H groups in total. The molecular weight excluding hydrogens is 242 g/mol. The predicted octanol–water partition coefficient (Wildman–Crippen LogP) is 2.10. The number of carbonyl (C=O) groups is 2. The van der Waals surface area contributed by atoms with Crippen molar-refractivity contribution in [2.24, 2.45) is 5.92 Å². The zero-order valence-electron chi connectivity index (χ0n) is 11.2. The number of carboxylic acids is 1. The molecule has 4 nitrogen and oxygen atoms in total. The highest BCUT2D eigenvalue weighted by molar-refractivity contribution is 5.91. The van der Waals surface area contributed by atoms with E-state index in [1.165, 1.54) is 11.6 Å². The van der Waals surface area contributed by atoms with Gasteiger partial charge in [-0.05, 0) is 23.6 Å². The van der Waals surface area contributed by atoms with Gasteiger partial charge in [-0.25, -0.2) is 0 Å². The standard InChI is InChI=1S/C15H19NO3/c1-3-12-4-6-13(7-5-12)8-9-14(17)16-10-11(2)15(18)19/h4-9,11H,3,10H2,1-2H3,(H,16,17)(H,18,19)/b9-8+. The number of rotatable bonds is 6. The number of aliphatic carboxylic acids is 1. The fourth-order valence-corrected chi connectivity index (χ4v) is 1.44. The quantitative estimate of drug-likeness (QED) is 0.771. The van der Waals surface area contributed by atoms with E-state index in [1.54, 1.807) is 13.0 Å². The van der Waals surface area contributed by atoms with E-state index >= 15 is 0 Å². The third-order valence-corrected chi connectivity index (χ3v) is 2.82. The molecule has 19 heavy (non-hydrogen) atoms. The lowest BCUT2D eigenvalue weighted by Gasteiger charge is -2.05. The molecule has 4 heteroatoms. The largest absolute Gasteiger partial charge is 0.481 e. The number of hydrogen-bond acceptors (Lipinski definition) is 2. The highest BCUT2D eigenvalue weighted by Crippen LogP contribution is 2.06. The minimum atomic E-state index is -0.917. The van der Waals surface area contributed by atoms with Crippen LogP contribution in [-0.4, -0.2) is 23.5 Å². The van der Waals surface area contributed by atoms with Gasteiger partial charge in [0.05, 0.1) is 5.92 Å². The Morgan fingerprint density at radius 1 is 1.32 bits per heavy atom. The van der Waals surface area contributed by atoms with E-state index in [-0.39, 0.29) is 12.5 Å². The molecule has 1 rings (SSSR count). The second kappa shape index (κ2) is 7.36. The number of carbonyl (C=O) groups excluding carboxylic acids is 1. The molecule has 102 valence electrons. The maximum atomic E-state index is 11.5. The van der Waals surface area contributed by atoms with Crippen LogP contribution in [0.1, 0.15) is 25.0 Å². The Hall–Kier alpha value is -2.10. The first-order valence-electron chi connectivity index (χ1n) is 6.30. The molecule has 1 atom stereocenters. The third kappa shape index (κ3) is 5.38. The maximum absolute atomic E-state index is 11.5. The molecule has 1 unspecified atom stereocenters. The van der Waals surface area contributed by atoms with Crippen molar-refractivity contribution in [3.05, 3.63) is 41.5 Å². The lowest BCUT2D eigenvalue weighted by Crippen LogP contribution is -2.30. The molecule has 1 aromatic carbocycles. The zero-order valence-corrected chi connectivity index (χ0v) is 11.2. The van der Waals surface area contributed by atoms with E-state index < -0.39 is 11.9 Å². The van der Waals surface area contributed by atoms with Gasteiger partial charge in [0, 0.05) is 12.6 Å². The summed E-state index contributed by atoms with van der Waals surface area (Å²) in [5.74, 6) is -1.78. The van der Waals surface area contributed by atoms with Crippen LogP contribution >= 0.6 is 0 Å². The van der Waals surface area contributed by atoms with Gasteiger partial charge in [-0.3, -0.25) is 9.59 Å². The molecule has 0 aliphatic carbocycles. The Balaban J connectivity index is 2.46. The van der Waals surface area contributed by atoms with Crippen LogP contribution in [0.5, 0.6) is 0 Å². The number of hydrogen-bond donors (Lipinski definition) is 2. The fourth-order valence-electron chi connectivity index (χ4n) is 1.44. The van der Waals surface area contributed by atoms with Gasteiger partial charge in [0.15, 0.2) is 0 Å². The van der Waals surface area contributed by atoms with Gasteiger partial charge in [0.25, 0.3) is 0 Å². The second-order valence-electron chi connectivity index (χ2n) is 4.41. The smallest absolute Gasteiger partial charge is 0.308 e. The summed E-state index contributed by atoms with van der Waals surface area (Å²) in [5.41, 5.74) is 2.19. The van der Waals surface area contributed by atoms with E-state index in [0.29, 0.717) is 0 Å². The minimum Gasteiger partial charge on any atom is -0.481 e. The van der Waals surface area contributed by atoms with Crippen LogP contribution < -0.4 is 5.32 Å². The van der Waals surface area contributed by atoms with Crippen molar-refractivity contribution in [2.45, 2.75) is 20.3 Å². The van der Waals surface area contributed by atoms with Crippen molar-refractivity contribution < 1.29 is 14.7 Å². The summed E-state index contributed by atoms with van der Waals surface area (Å²) in [6, 6.07) is 7.93. The van der Waals surface area contributed by atoms with Crippen LogP contribution in [0.25, 0.3) is 6.08 Å². The van der Waals surface area contributed by atoms with Crippen LogP contribution in [0.2, 0.25) is 0 Å². The van der Waals surface area contributed by atoms with Crippen LogP contribution in [0.3, 0.4) is 0 Å². The maximum Gasteiger partial charge on any atom is 0.308 e. The SMILES string of the molecule is CCc1ccc(/C=C/C(=O)NCC(C)C(=O)O)cc1. The van der Waals surface area contributed by atoms with E-state index in [0.717, 1.165) is 12.0 Å². The Labute approximate surface area is 113 Å². The highest BCUT2D eigenvalue weighted by atomic mass is 16.4. The van der Waals surface area contributed by atoms with Crippen molar-refractivity contribution in [3.8, 4) is 0 Å². The fraction of sp³-hybridized carbons (Fsp3) is 0.333. The molecule has 0 aromatic heterocycles. The van der Waals surface area contributed by atoms with Crippen LogP contribution in [0.4, 0.5) is 0 Å². The number of nitrogens with one attached hydrogen (secondary N) is 1. The van der Waals surface area contributed by atoms with Gasteiger partial charge >= 0.3 is 5.97 Å². The van der Waals surface area contributed by atoms with Gasteiger partial charge in [0.1, 0.15) is 0 Å². The van der Waals surface area contributed by atoms with Crippen molar-refractivity contribution in [1.29, 1.82) is 0 Å². The minimum absolute atomic E-state index is 0.132. The zero-order chi connectivity index (χ0) is 14.3. The van der Waals surface area contributed by atoms with Crippen molar-refractivity contribution >= 4 is 18.0 Å². The first-order valence-corrected chi connectivity index (χ1v) is 6.30. The first kappa shape index (κ1) is 15.0. The molecule has 0 spiro atoms. The summed E-state index contributed by atoms with van der Waals surface area (Å²) >= 11 is 0. The molecule has 0 radical (unpaired) electrons. The number of carboxylic acid groups (broad SMARTS) is 1. The van der Waals surface area contributed by atoms with E-state index in [9.17, 15) is 9.59 Å². The summed E-state index contributed by atoms with van der Waals surface area (Å²) in [6.07, 6.45) is 4.10.